The van der Waals surface area contributed by atoms with Crippen LogP contribution < -0.4 is 4.90 Å². The van der Waals surface area contributed by atoms with E-state index in [1.54, 1.807) is 43.3 Å². The molecule has 1 aromatic heterocycles. The van der Waals surface area contributed by atoms with Gasteiger partial charge in [-0.1, -0.05) is 40.9 Å². The molecule has 5 nitrogen and oxygen atoms in total. The van der Waals surface area contributed by atoms with Crippen molar-refractivity contribution in [2.24, 2.45) is 0 Å². The molecule has 180 valence electrons. The standard InChI is InChI=1S/C27H23Cl3N2O3/c1-14-6-8-20(13-23(14)30)32-17(4)25(27(34)35-5)21(26(32)33)11-18-10-15(2)31(16(18)3)24-12-19(28)7-9-22(24)29/h6-13H,1-5H3/b21-11-. The highest BCUT2D eigenvalue weighted by atomic mass is 35.5. The van der Waals surface area contributed by atoms with Gasteiger partial charge in [0.1, 0.15) is 0 Å². The van der Waals surface area contributed by atoms with Crippen LogP contribution in [0.3, 0.4) is 0 Å². The molecule has 0 spiro atoms. The van der Waals surface area contributed by atoms with Crippen molar-refractivity contribution in [1.82, 2.24) is 4.57 Å². The van der Waals surface area contributed by atoms with Crippen LogP contribution in [0.2, 0.25) is 15.1 Å². The van der Waals surface area contributed by atoms with E-state index in [4.69, 9.17) is 39.5 Å². The number of rotatable bonds is 4. The molecule has 0 saturated carbocycles. The van der Waals surface area contributed by atoms with Crippen molar-refractivity contribution in [3.05, 3.63) is 96.9 Å². The molecule has 0 fully saturated rings. The number of ether oxygens (including phenoxy) is 1. The number of methoxy groups -OCH3 is 1. The Morgan fingerprint density at radius 3 is 2.31 bits per heavy atom. The van der Waals surface area contributed by atoms with Crippen LogP contribution in [-0.4, -0.2) is 23.6 Å². The van der Waals surface area contributed by atoms with Crippen molar-refractivity contribution in [2.75, 3.05) is 12.0 Å². The van der Waals surface area contributed by atoms with Crippen LogP contribution in [0.5, 0.6) is 0 Å². The molecule has 1 amide bonds. The first-order valence-electron chi connectivity index (χ1n) is 10.8. The fourth-order valence-electron chi connectivity index (χ4n) is 4.33. The number of aryl methyl sites for hydroxylation is 2. The highest BCUT2D eigenvalue weighted by Gasteiger charge is 2.38. The summed E-state index contributed by atoms with van der Waals surface area (Å²) in [5.41, 5.74) is 5.61. The normalized spacial score (nSPS) is 14.9. The van der Waals surface area contributed by atoms with E-state index in [0.717, 1.165) is 28.2 Å². The largest absolute Gasteiger partial charge is 0.465 e. The van der Waals surface area contributed by atoms with Crippen LogP contribution >= 0.6 is 34.8 Å². The van der Waals surface area contributed by atoms with Crippen molar-refractivity contribution in [3.8, 4) is 5.69 Å². The van der Waals surface area contributed by atoms with Crippen molar-refractivity contribution in [2.45, 2.75) is 27.7 Å². The summed E-state index contributed by atoms with van der Waals surface area (Å²) in [7, 11) is 1.29. The Balaban J connectivity index is 1.87. The number of anilines is 1. The minimum Gasteiger partial charge on any atom is -0.465 e. The van der Waals surface area contributed by atoms with Gasteiger partial charge in [-0.15, -0.1) is 0 Å². The Kier molecular flexibility index (Phi) is 6.87. The van der Waals surface area contributed by atoms with Crippen LogP contribution in [0.25, 0.3) is 11.8 Å². The Hall–Kier alpha value is -2.99. The van der Waals surface area contributed by atoms with E-state index >= 15 is 0 Å². The number of hydrogen-bond acceptors (Lipinski definition) is 3. The van der Waals surface area contributed by atoms with Crippen molar-refractivity contribution in [1.29, 1.82) is 0 Å². The molecule has 0 atom stereocenters. The van der Waals surface area contributed by atoms with Gasteiger partial charge >= 0.3 is 5.97 Å². The summed E-state index contributed by atoms with van der Waals surface area (Å²) in [6, 6.07) is 12.5. The van der Waals surface area contributed by atoms with Crippen LogP contribution in [0.15, 0.2) is 59.3 Å². The number of carbonyl (C=O) groups is 2. The molecule has 0 aliphatic carbocycles. The first-order valence-corrected chi connectivity index (χ1v) is 11.9. The van der Waals surface area contributed by atoms with E-state index in [9.17, 15) is 9.59 Å². The minimum atomic E-state index is -0.588. The summed E-state index contributed by atoms with van der Waals surface area (Å²) >= 11 is 19.0. The number of allylic oxidation sites excluding steroid dienone is 1. The zero-order valence-electron chi connectivity index (χ0n) is 19.9. The number of amides is 1. The molecule has 1 aliphatic heterocycles. The predicted molar refractivity (Wildman–Crippen MR) is 142 cm³/mol. The zero-order chi connectivity index (χ0) is 25.6. The summed E-state index contributed by atoms with van der Waals surface area (Å²) in [4.78, 5) is 27.9. The summed E-state index contributed by atoms with van der Waals surface area (Å²) in [5, 5.41) is 1.63. The fourth-order valence-corrected chi connectivity index (χ4v) is 4.87. The smallest absolute Gasteiger partial charge is 0.340 e. The maximum atomic E-state index is 13.6. The topological polar surface area (TPSA) is 51.5 Å². The van der Waals surface area contributed by atoms with E-state index in [2.05, 4.69) is 0 Å². The van der Waals surface area contributed by atoms with E-state index in [1.807, 2.05) is 37.5 Å². The average molecular weight is 530 g/mol. The minimum absolute atomic E-state index is 0.208. The number of hydrogen-bond donors (Lipinski definition) is 0. The van der Waals surface area contributed by atoms with Crippen LogP contribution in [0.1, 0.15) is 29.4 Å². The molecule has 35 heavy (non-hydrogen) atoms. The zero-order valence-corrected chi connectivity index (χ0v) is 22.1. The Labute approximate surface area is 219 Å². The molecule has 8 heteroatoms. The van der Waals surface area contributed by atoms with Gasteiger partial charge in [0.15, 0.2) is 0 Å². The third kappa shape index (κ3) is 4.40. The average Bonchev–Trinajstić information content (AvgIpc) is 3.23. The summed E-state index contributed by atoms with van der Waals surface area (Å²) in [6.45, 7) is 7.45. The third-order valence-corrected chi connectivity index (χ3v) is 7.08. The van der Waals surface area contributed by atoms with Gasteiger partial charge in [0.2, 0.25) is 0 Å². The molecular weight excluding hydrogens is 507 g/mol. The lowest BCUT2D eigenvalue weighted by molar-refractivity contribution is -0.136. The second-order valence-corrected chi connectivity index (χ2v) is 9.59. The molecule has 0 N–H and O–H groups in total. The molecule has 0 saturated heterocycles. The van der Waals surface area contributed by atoms with Gasteiger partial charge < -0.3 is 9.30 Å². The van der Waals surface area contributed by atoms with E-state index in [0.29, 0.717) is 26.5 Å². The number of aromatic nitrogens is 1. The van der Waals surface area contributed by atoms with Crippen LogP contribution in [0, 0.1) is 20.8 Å². The monoisotopic (exact) mass is 528 g/mol. The lowest BCUT2D eigenvalue weighted by Gasteiger charge is -2.18. The number of benzene rings is 2. The van der Waals surface area contributed by atoms with E-state index < -0.39 is 5.97 Å². The second kappa shape index (κ2) is 9.57. The SMILES string of the molecule is COC(=O)C1=C(C)N(c2ccc(C)c(Cl)c2)C(=O)/C1=C\c1cc(C)n(-c2cc(Cl)ccc2Cl)c1C. The van der Waals surface area contributed by atoms with Gasteiger partial charge in [0, 0.05) is 27.1 Å². The van der Waals surface area contributed by atoms with Crippen molar-refractivity contribution in [3.63, 3.8) is 0 Å². The first-order chi connectivity index (χ1) is 16.5. The first kappa shape index (κ1) is 25.1. The van der Waals surface area contributed by atoms with Crippen LogP contribution in [0.4, 0.5) is 5.69 Å². The van der Waals surface area contributed by atoms with Crippen molar-refractivity contribution < 1.29 is 14.3 Å². The maximum absolute atomic E-state index is 13.6. The van der Waals surface area contributed by atoms with Crippen LogP contribution in [-0.2, 0) is 14.3 Å². The highest BCUT2D eigenvalue weighted by Crippen LogP contribution is 2.38. The van der Waals surface area contributed by atoms with E-state index in [1.165, 1.54) is 12.0 Å². The highest BCUT2D eigenvalue weighted by molar-refractivity contribution is 6.34. The van der Waals surface area contributed by atoms with Crippen molar-refractivity contribution >= 4 is 58.4 Å². The van der Waals surface area contributed by atoms with E-state index in [-0.39, 0.29) is 17.1 Å². The summed E-state index contributed by atoms with van der Waals surface area (Å²) < 4.78 is 6.99. The Morgan fingerprint density at radius 2 is 1.66 bits per heavy atom. The number of halogens is 3. The second-order valence-electron chi connectivity index (χ2n) is 8.34. The quantitative estimate of drug-likeness (QED) is 0.264. The molecule has 0 unspecified atom stereocenters. The third-order valence-electron chi connectivity index (χ3n) is 6.12. The van der Waals surface area contributed by atoms with Gasteiger partial charge in [0.05, 0.1) is 34.7 Å². The number of carbonyl (C=O) groups excluding carboxylic acids is 2. The number of nitrogens with zero attached hydrogens (tertiary/aromatic N) is 2. The lowest BCUT2D eigenvalue weighted by Crippen LogP contribution is -2.24. The van der Waals surface area contributed by atoms with Gasteiger partial charge in [-0.25, -0.2) is 4.79 Å². The fraction of sp³-hybridized carbons (Fsp3) is 0.185. The molecule has 0 bridgehead atoms. The molecule has 2 heterocycles. The van der Waals surface area contributed by atoms with Gasteiger partial charge in [0.25, 0.3) is 5.91 Å². The summed E-state index contributed by atoms with van der Waals surface area (Å²) in [6.07, 6.45) is 1.71. The molecule has 2 aromatic carbocycles. The Bertz CT molecular complexity index is 1450. The van der Waals surface area contributed by atoms with Gasteiger partial charge in [-0.05, 0) is 81.3 Å². The molecule has 3 aromatic rings. The lowest BCUT2D eigenvalue weighted by atomic mass is 10.0. The number of esters is 1. The maximum Gasteiger partial charge on any atom is 0.340 e. The molecule has 1 aliphatic rings. The van der Waals surface area contributed by atoms with Gasteiger partial charge in [-0.2, -0.15) is 0 Å². The molecular formula is C27H23Cl3N2O3. The predicted octanol–water partition coefficient (Wildman–Crippen LogP) is 7.24. The molecule has 0 radical (unpaired) electrons. The summed E-state index contributed by atoms with van der Waals surface area (Å²) in [5.74, 6) is -0.928. The Morgan fingerprint density at radius 1 is 0.943 bits per heavy atom. The van der Waals surface area contributed by atoms with Gasteiger partial charge in [-0.3, -0.25) is 9.69 Å². The molecule has 4 rings (SSSR count).